The lowest BCUT2D eigenvalue weighted by atomic mass is 9.89. The number of aromatic amines is 1. The van der Waals surface area contributed by atoms with E-state index in [1.54, 1.807) is 39.2 Å². The van der Waals surface area contributed by atoms with E-state index in [0.717, 1.165) is 12.1 Å². The Balaban J connectivity index is 1.91. The third-order valence-electron chi connectivity index (χ3n) is 7.59. The number of benzene rings is 2. The Morgan fingerprint density at radius 1 is 1.18 bits per heavy atom. The van der Waals surface area contributed by atoms with Crippen molar-refractivity contribution in [3.8, 4) is 6.07 Å². The molecule has 0 radical (unpaired) electrons. The molecule has 1 N–H and O–H groups in total. The number of nitrogens with zero attached hydrogens (tertiary/aromatic N) is 6. The molecule has 0 spiro atoms. The maximum absolute atomic E-state index is 13.6. The van der Waals surface area contributed by atoms with Crippen LogP contribution in [0.25, 0.3) is 0 Å². The molecule has 2 heterocycles. The van der Waals surface area contributed by atoms with Crippen LogP contribution in [0.4, 0.5) is 24.8 Å². The van der Waals surface area contributed by atoms with E-state index in [1.165, 1.54) is 33.6 Å². The predicted octanol–water partition coefficient (Wildman–Crippen LogP) is 3.36. The van der Waals surface area contributed by atoms with Crippen LogP contribution in [-0.4, -0.2) is 84.4 Å². The minimum Gasteiger partial charge on any atom is -0.466 e. The van der Waals surface area contributed by atoms with E-state index < -0.39 is 29.4 Å². The zero-order valence-electron chi connectivity index (χ0n) is 25.2. The molecule has 44 heavy (non-hydrogen) atoms. The number of nitriles is 1. The zero-order chi connectivity index (χ0) is 32.6. The number of likely N-dealkylation sites (N-methyl/N-ethyl adjacent to an activating group) is 2. The first-order valence-electron chi connectivity index (χ1n) is 13.6. The number of H-pyrrole nitrogens is 1. The number of aromatic nitrogens is 3. The van der Waals surface area contributed by atoms with Gasteiger partial charge in [-0.15, -0.1) is 5.10 Å². The van der Waals surface area contributed by atoms with Gasteiger partial charge in [0.1, 0.15) is 6.04 Å². The molecule has 14 heteroatoms. The number of nitrogens with one attached hydrogen (secondary N) is 1. The third-order valence-corrected chi connectivity index (χ3v) is 7.59. The number of halogens is 3. The number of rotatable bonds is 8. The first-order valence-corrected chi connectivity index (χ1v) is 13.6. The van der Waals surface area contributed by atoms with Gasteiger partial charge in [0, 0.05) is 31.9 Å². The van der Waals surface area contributed by atoms with E-state index in [0.29, 0.717) is 34.1 Å². The molecule has 3 aromatic rings. The average Bonchev–Trinajstić information content (AvgIpc) is 3.34. The van der Waals surface area contributed by atoms with Gasteiger partial charge in [0.2, 0.25) is 5.95 Å². The van der Waals surface area contributed by atoms with Gasteiger partial charge in [-0.3, -0.25) is 9.69 Å². The maximum Gasteiger partial charge on any atom is 0.416 e. The molecule has 0 fully saturated rings. The minimum atomic E-state index is -4.64. The summed E-state index contributed by atoms with van der Waals surface area (Å²) >= 11 is 0. The molecule has 2 aromatic carbocycles. The molecule has 1 aliphatic rings. The van der Waals surface area contributed by atoms with Crippen molar-refractivity contribution in [3.05, 3.63) is 86.5 Å². The van der Waals surface area contributed by atoms with Crippen molar-refractivity contribution in [2.45, 2.75) is 25.6 Å². The molecule has 1 aromatic heterocycles. The number of esters is 1. The van der Waals surface area contributed by atoms with Crippen LogP contribution in [-0.2, 0) is 26.9 Å². The number of carbonyl (C=O) groups excluding carboxylic acids is 2. The second-order valence-corrected chi connectivity index (χ2v) is 11.4. The van der Waals surface area contributed by atoms with Crippen LogP contribution in [0, 0.1) is 11.3 Å². The molecule has 0 bridgehead atoms. The lowest BCUT2D eigenvalue weighted by Crippen LogP contribution is -2.48. The summed E-state index contributed by atoms with van der Waals surface area (Å²) in [6.45, 7) is 2.22. The maximum atomic E-state index is 13.6. The Labute approximate surface area is 251 Å². The van der Waals surface area contributed by atoms with Crippen molar-refractivity contribution in [2.75, 3.05) is 53.3 Å². The van der Waals surface area contributed by atoms with Gasteiger partial charge in [0.25, 0.3) is 5.91 Å². The zero-order valence-corrected chi connectivity index (χ0v) is 25.2. The van der Waals surface area contributed by atoms with E-state index in [9.17, 15) is 32.8 Å². The number of alkyl halides is 3. The SMILES string of the molecule is COC(=O)C1=C(C)N(c2cccc(C(F)(F)F)c2)c2n[nH]c(=O)n2C1c1ccc(C#N)cc1CC[N+](C)(C)CC(=O)N(C)C. The number of methoxy groups -OCH3 is 1. The van der Waals surface area contributed by atoms with Crippen LogP contribution in [0.15, 0.2) is 58.5 Å². The highest BCUT2D eigenvalue weighted by Crippen LogP contribution is 2.43. The number of ether oxygens (including phenoxy) is 1. The summed E-state index contributed by atoms with van der Waals surface area (Å²) in [6.07, 6.45) is -4.27. The Hall–Kier alpha value is -4.90. The Bertz CT molecular complexity index is 1730. The van der Waals surface area contributed by atoms with Gasteiger partial charge in [-0.1, -0.05) is 12.1 Å². The number of quaternary nitrogens is 1. The Kier molecular flexibility index (Phi) is 8.74. The molecule has 232 valence electrons. The molecule has 0 saturated carbocycles. The number of amides is 1. The van der Waals surface area contributed by atoms with Gasteiger partial charge in [-0.05, 0) is 48.4 Å². The molecular formula is C30H33F3N7O4+. The van der Waals surface area contributed by atoms with Crippen molar-refractivity contribution < 1.29 is 32.0 Å². The normalized spacial score (nSPS) is 15.1. The van der Waals surface area contributed by atoms with E-state index in [1.807, 2.05) is 14.1 Å². The minimum absolute atomic E-state index is 0.00315. The van der Waals surface area contributed by atoms with Crippen LogP contribution in [0.1, 0.15) is 35.2 Å². The van der Waals surface area contributed by atoms with E-state index >= 15 is 0 Å². The molecule has 1 unspecified atom stereocenters. The fraction of sp³-hybridized carbons (Fsp3) is 0.367. The molecule has 0 saturated heterocycles. The van der Waals surface area contributed by atoms with Crippen molar-refractivity contribution in [1.82, 2.24) is 19.7 Å². The Morgan fingerprint density at radius 3 is 2.50 bits per heavy atom. The second kappa shape index (κ2) is 12.0. The standard InChI is InChI=1S/C30H32F3N7O4/c1-18-25(27(42)44-6)26(23-11-10-19(16-34)14-20(23)12-13-40(4,5)17-24(41)37(2)3)39-28(35-36-29(39)43)38(18)22-9-7-8-21(15-22)30(31,32)33/h7-11,14-15,26H,12-13,17H2,1-6H3/p+1. The fourth-order valence-electron chi connectivity index (χ4n) is 5.25. The highest BCUT2D eigenvalue weighted by atomic mass is 19.4. The molecular weight excluding hydrogens is 579 g/mol. The topological polar surface area (TPSA) is 124 Å². The van der Waals surface area contributed by atoms with Gasteiger partial charge in [-0.2, -0.15) is 18.4 Å². The fourth-order valence-corrected chi connectivity index (χ4v) is 5.25. The molecule has 1 atom stereocenters. The van der Waals surface area contributed by atoms with Crippen LogP contribution in [0.5, 0.6) is 0 Å². The third kappa shape index (κ3) is 6.23. The molecule has 1 aliphatic heterocycles. The smallest absolute Gasteiger partial charge is 0.416 e. The monoisotopic (exact) mass is 612 g/mol. The first-order chi connectivity index (χ1) is 20.6. The lowest BCUT2D eigenvalue weighted by molar-refractivity contribution is -0.882. The van der Waals surface area contributed by atoms with Crippen molar-refractivity contribution in [1.29, 1.82) is 5.26 Å². The quantitative estimate of drug-likeness (QED) is 0.306. The van der Waals surface area contributed by atoms with Crippen molar-refractivity contribution >= 4 is 23.5 Å². The summed E-state index contributed by atoms with van der Waals surface area (Å²) in [7, 11) is 8.30. The number of fused-ring (bicyclic) bond motifs is 1. The van der Waals surface area contributed by atoms with Crippen LogP contribution in [0.2, 0.25) is 0 Å². The summed E-state index contributed by atoms with van der Waals surface area (Å²) in [6, 6.07) is 10.4. The summed E-state index contributed by atoms with van der Waals surface area (Å²) in [5.41, 5.74) is 0.0891. The van der Waals surface area contributed by atoms with Gasteiger partial charge in [-0.25, -0.2) is 19.3 Å². The lowest BCUT2D eigenvalue weighted by Gasteiger charge is -2.36. The summed E-state index contributed by atoms with van der Waals surface area (Å²) < 4.78 is 47.5. The second-order valence-electron chi connectivity index (χ2n) is 11.4. The highest BCUT2D eigenvalue weighted by molar-refractivity contribution is 5.93. The number of allylic oxidation sites excluding steroid dienone is 1. The van der Waals surface area contributed by atoms with E-state index in [2.05, 4.69) is 16.3 Å². The highest BCUT2D eigenvalue weighted by Gasteiger charge is 2.41. The van der Waals surface area contributed by atoms with E-state index in [4.69, 9.17) is 4.74 Å². The Morgan fingerprint density at radius 2 is 1.89 bits per heavy atom. The van der Waals surface area contributed by atoms with Gasteiger partial charge < -0.3 is 14.1 Å². The van der Waals surface area contributed by atoms with Crippen LogP contribution < -0.4 is 10.6 Å². The van der Waals surface area contributed by atoms with Gasteiger partial charge >= 0.3 is 17.8 Å². The molecule has 11 nitrogen and oxygen atoms in total. The van der Waals surface area contributed by atoms with Gasteiger partial charge in [0.05, 0.1) is 50.5 Å². The largest absolute Gasteiger partial charge is 0.466 e. The number of hydrogen-bond donors (Lipinski definition) is 1. The van der Waals surface area contributed by atoms with Gasteiger partial charge in [0.15, 0.2) is 6.54 Å². The number of hydrogen-bond acceptors (Lipinski definition) is 7. The van der Waals surface area contributed by atoms with Crippen molar-refractivity contribution in [2.24, 2.45) is 0 Å². The average molecular weight is 613 g/mol. The number of carbonyl (C=O) groups is 2. The first kappa shape index (κ1) is 32.0. The number of anilines is 2. The van der Waals surface area contributed by atoms with Crippen molar-refractivity contribution in [3.63, 3.8) is 0 Å². The van der Waals surface area contributed by atoms with E-state index in [-0.39, 0.29) is 35.4 Å². The summed E-state index contributed by atoms with van der Waals surface area (Å²) in [5, 5.41) is 16.2. The summed E-state index contributed by atoms with van der Waals surface area (Å²) in [5.74, 6) is -0.900. The molecule has 1 amide bonds. The van der Waals surface area contributed by atoms with Crippen LogP contribution >= 0.6 is 0 Å². The van der Waals surface area contributed by atoms with Crippen LogP contribution in [0.3, 0.4) is 0 Å². The summed E-state index contributed by atoms with van der Waals surface area (Å²) in [4.78, 5) is 42.0. The molecule has 4 rings (SSSR count). The molecule has 0 aliphatic carbocycles. The predicted molar refractivity (Wildman–Crippen MR) is 155 cm³/mol.